The molecule has 6 nitrogen and oxygen atoms in total. The van der Waals surface area contributed by atoms with Gasteiger partial charge in [-0.3, -0.25) is 4.79 Å². The second-order valence-corrected chi connectivity index (χ2v) is 8.06. The first-order valence-electron chi connectivity index (χ1n) is 9.04. The van der Waals surface area contributed by atoms with Crippen molar-refractivity contribution in [3.8, 4) is 5.75 Å². The molecular formula is C19H26N4O2S. The van der Waals surface area contributed by atoms with Gasteiger partial charge in [-0.15, -0.1) is 10.2 Å². The summed E-state index contributed by atoms with van der Waals surface area (Å²) in [5.74, 6) is 1.25. The number of anilines is 1. The molecule has 0 N–H and O–H groups in total. The Morgan fingerprint density at radius 2 is 1.73 bits per heavy atom. The van der Waals surface area contributed by atoms with Crippen molar-refractivity contribution in [2.24, 2.45) is 0 Å². The highest BCUT2D eigenvalue weighted by molar-refractivity contribution is 7.15. The van der Waals surface area contributed by atoms with E-state index in [-0.39, 0.29) is 5.91 Å². The van der Waals surface area contributed by atoms with Gasteiger partial charge >= 0.3 is 0 Å². The molecule has 2 aromatic rings. The first-order valence-corrected chi connectivity index (χ1v) is 9.86. The van der Waals surface area contributed by atoms with Crippen LogP contribution in [0.1, 0.15) is 37.3 Å². The fourth-order valence-electron chi connectivity index (χ4n) is 2.97. The molecule has 1 unspecified atom stereocenters. The van der Waals surface area contributed by atoms with Crippen LogP contribution in [0.5, 0.6) is 5.75 Å². The predicted molar refractivity (Wildman–Crippen MR) is 104 cm³/mol. The molecule has 140 valence electrons. The van der Waals surface area contributed by atoms with E-state index in [4.69, 9.17) is 4.74 Å². The number of rotatable bonds is 5. The van der Waals surface area contributed by atoms with Crippen LogP contribution in [-0.2, 0) is 4.79 Å². The third-order valence-corrected chi connectivity index (χ3v) is 5.48. The van der Waals surface area contributed by atoms with Crippen LogP contribution < -0.4 is 9.64 Å². The minimum absolute atomic E-state index is 0.0334. The number of carbonyl (C=O) groups excluding carboxylic acids is 1. The number of aromatic nitrogens is 2. The summed E-state index contributed by atoms with van der Waals surface area (Å²) in [5.41, 5.74) is 1.26. The molecule has 0 spiro atoms. The van der Waals surface area contributed by atoms with Crippen LogP contribution in [0.15, 0.2) is 24.3 Å². The first-order chi connectivity index (χ1) is 12.4. The number of amides is 1. The van der Waals surface area contributed by atoms with Gasteiger partial charge in [-0.05, 0) is 37.5 Å². The van der Waals surface area contributed by atoms with Gasteiger partial charge in [-0.1, -0.05) is 37.3 Å². The Hall–Kier alpha value is -2.15. The summed E-state index contributed by atoms with van der Waals surface area (Å²) in [5, 5.41) is 10.1. The Labute approximate surface area is 158 Å². The minimum Gasteiger partial charge on any atom is -0.481 e. The van der Waals surface area contributed by atoms with E-state index in [1.165, 1.54) is 5.56 Å². The van der Waals surface area contributed by atoms with E-state index in [2.05, 4.69) is 41.1 Å². The Morgan fingerprint density at radius 1 is 1.08 bits per heavy atom. The molecule has 1 atom stereocenters. The zero-order valence-corrected chi connectivity index (χ0v) is 16.6. The van der Waals surface area contributed by atoms with E-state index >= 15 is 0 Å². The number of piperazine rings is 1. The summed E-state index contributed by atoms with van der Waals surface area (Å²) in [4.78, 5) is 16.7. The first kappa shape index (κ1) is 18.6. The van der Waals surface area contributed by atoms with Crippen molar-refractivity contribution in [3.05, 3.63) is 34.8 Å². The maximum absolute atomic E-state index is 12.7. The molecule has 0 bridgehead atoms. The normalized spacial score (nSPS) is 16.0. The quantitative estimate of drug-likeness (QED) is 0.805. The molecule has 1 saturated heterocycles. The molecule has 7 heteroatoms. The van der Waals surface area contributed by atoms with Crippen molar-refractivity contribution >= 4 is 22.4 Å². The lowest BCUT2D eigenvalue weighted by atomic mass is 10.0. The van der Waals surface area contributed by atoms with Crippen LogP contribution in [0.3, 0.4) is 0 Å². The predicted octanol–water partition coefficient (Wildman–Crippen LogP) is 3.09. The van der Waals surface area contributed by atoms with E-state index < -0.39 is 6.10 Å². The highest BCUT2D eigenvalue weighted by Crippen LogP contribution is 2.22. The molecule has 2 heterocycles. The van der Waals surface area contributed by atoms with Crippen LogP contribution in [0.2, 0.25) is 0 Å². The van der Waals surface area contributed by atoms with Gasteiger partial charge in [0.15, 0.2) is 6.10 Å². The van der Waals surface area contributed by atoms with Crippen molar-refractivity contribution in [1.29, 1.82) is 0 Å². The Balaban J connectivity index is 1.52. The second kappa shape index (κ2) is 8.03. The van der Waals surface area contributed by atoms with E-state index in [9.17, 15) is 4.79 Å². The van der Waals surface area contributed by atoms with Crippen LogP contribution in [0.25, 0.3) is 0 Å². The molecule has 1 amide bonds. The third-order valence-electron chi connectivity index (χ3n) is 4.58. The monoisotopic (exact) mass is 374 g/mol. The number of hydrogen-bond acceptors (Lipinski definition) is 6. The van der Waals surface area contributed by atoms with Crippen LogP contribution >= 0.6 is 11.3 Å². The van der Waals surface area contributed by atoms with Gasteiger partial charge in [0.1, 0.15) is 10.8 Å². The van der Waals surface area contributed by atoms with Crippen LogP contribution in [0.4, 0.5) is 5.13 Å². The fraction of sp³-hybridized carbons (Fsp3) is 0.526. The van der Waals surface area contributed by atoms with Crippen molar-refractivity contribution < 1.29 is 9.53 Å². The topological polar surface area (TPSA) is 58.6 Å². The number of aryl methyl sites for hydroxylation is 1. The summed E-state index contributed by atoms with van der Waals surface area (Å²) >= 11 is 1.59. The summed E-state index contributed by atoms with van der Waals surface area (Å²) in [6.07, 6.45) is -0.491. The molecule has 1 aromatic heterocycles. The molecule has 0 aliphatic carbocycles. The lowest BCUT2D eigenvalue weighted by Crippen LogP contribution is -2.52. The molecule has 1 fully saturated rings. The molecule has 26 heavy (non-hydrogen) atoms. The summed E-state index contributed by atoms with van der Waals surface area (Å²) in [6.45, 7) is 11.0. The highest BCUT2D eigenvalue weighted by Gasteiger charge is 2.27. The summed E-state index contributed by atoms with van der Waals surface area (Å²) in [6, 6.07) is 7.99. The molecule has 1 aliphatic heterocycles. The smallest absolute Gasteiger partial charge is 0.263 e. The van der Waals surface area contributed by atoms with Crippen LogP contribution in [-0.4, -0.2) is 53.3 Å². The number of ether oxygens (including phenoxy) is 1. The molecule has 3 rings (SSSR count). The fourth-order valence-corrected chi connectivity index (χ4v) is 3.71. The molecule has 0 radical (unpaired) electrons. The van der Waals surface area contributed by atoms with Crippen molar-refractivity contribution in [3.63, 3.8) is 0 Å². The number of nitrogens with zero attached hydrogens (tertiary/aromatic N) is 4. The average Bonchev–Trinajstić information content (AvgIpc) is 3.08. The van der Waals surface area contributed by atoms with E-state index in [0.29, 0.717) is 19.0 Å². The van der Waals surface area contributed by atoms with E-state index in [0.717, 1.165) is 29.0 Å². The maximum Gasteiger partial charge on any atom is 0.263 e. The summed E-state index contributed by atoms with van der Waals surface area (Å²) in [7, 11) is 0. The Bertz CT molecular complexity index is 736. The van der Waals surface area contributed by atoms with Crippen LogP contribution in [0, 0.1) is 6.92 Å². The maximum atomic E-state index is 12.7. The molecule has 1 aromatic carbocycles. The summed E-state index contributed by atoms with van der Waals surface area (Å²) < 4.78 is 5.85. The average molecular weight is 375 g/mol. The zero-order chi connectivity index (χ0) is 18.7. The number of carbonyl (C=O) groups is 1. The standard InChI is InChI=1S/C19H26N4O2S/c1-13(2)16-5-7-17(8-6-16)25-14(3)18(24)22-9-11-23(12-10-22)19-21-20-15(4)26-19/h5-8,13-14H,9-12H2,1-4H3. The van der Waals surface area contributed by atoms with Gasteiger partial charge in [-0.2, -0.15) is 0 Å². The van der Waals surface area contributed by atoms with E-state index in [1.807, 2.05) is 30.9 Å². The molecular weight excluding hydrogens is 348 g/mol. The third kappa shape index (κ3) is 4.33. The number of benzene rings is 1. The van der Waals surface area contributed by atoms with Gasteiger partial charge in [0.25, 0.3) is 5.91 Å². The van der Waals surface area contributed by atoms with Gasteiger partial charge in [0.05, 0.1) is 0 Å². The second-order valence-electron chi connectivity index (χ2n) is 6.90. The van der Waals surface area contributed by atoms with Gasteiger partial charge in [0, 0.05) is 26.2 Å². The lowest BCUT2D eigenvalue weighted by Gasteiger charge is -2.35. The number of hydrogen-bond donors (Lipinski definition) is 0. The van der Waals surface area contributed by atoms with Crippen molar-refractivity contribution in [2.75, 3.05) is 31.1 Å². The lowest BCUT2D eigenvalue weighted by molar-refractivity contribution is -0.138. The van der Waals surface area contributed by atoms with Gasteiger partial charge in [-0.25, -0.2) is 0 Å². The minimum atomic E-state index is -0.491. The molecule has 0 saturated carbocycles. The molecule has 1 aliphatic rings. The highest BCUT2D eigenvalue weighted by atomic mass is 32.1. The van der Waals surface area contributed by atoms with Gasteiger partial charge in [0.2, 0.25) is 5.13 Å². The SMILES string of the molecule is Cc1nnc(N2CCN(C(=O)C(C)Oc3ccc(C(C)C)cc3)CC2)s1. The van der Waals surface area contributed by atoms with Gasteiger partial charge < -0.3 is 14.5 Å². The largest absolute Gasteiger partial charge is 0.481 e. The van der Waals surface area contributed by atoms with Crippen molar-refractivity contribution in [2.45, 2.75) is 39.7 Å². The Kier molecular flexibility index (Phi) is 5.76. The Morgan fingerprint density at radius 3 is 2.27 bits per heavy atom. The van der Waals surface area contributed by atoms with Crippen molar-refractivity contribution in [1.82, 2.24) is 15.1 Å². The van der Waals surface area contributed by atoms with E-state index in [1.54, 1.807) is 11.3 Å². The zero-order valence-electron chi connectivity index (χ0n) is 15.8.